The molecule has 0 aliphatic heterocycles. The van der Waals surface area contributed by atoms with E-state index in [1.165, 1.54) is 12.0 Å². The Morgan fingerprint density at radius 2 is 2.40 bits per heavy atom. The van der Waals surface area contributed by atoms with Gasteiger partial charge in [-0.3, -0.25) is 0 Å². The molecule has 0 saturated heterocycles. The molecule has 0 aromatic heterocycles. The average Bonchev–Trinajstić information content (AvgIpc) is 2.62. The lowest BCUT2D eigenvalue weighted by atomic mass is 10.2. The number of nitrogens with one attached hydrogen (secondary N) is 1. The molecule has 0 bridgehead atoms. The number of nitrogens with two attached hydrogens (primary N) is 1. The van der Waals surface area contributed by atoms with Crippen LogP contribution in [0.3, 0.4) is 0 Å². The number of allylic oxidation sites excluding steroid dienone is 1. The fourth-order valence-corrected chi connectivity index (χ4v) is 1.28. The van der Waals surface area contributed by atoms with Gasteiger partial charge in [0.05, 0.1) is 6.67 Å². The predicted molar refractivity (Wildman–Crippen MR) is 43.2 cm³/mol. The minimum absolute atomic E-state index is 0.540. The fourth-order valence-electron chi connectivity index (χ4n) is 1.28. The van der Waals surface area contributed by atoms with Gasteiger partial charge >= 0.3 is 0 Å². The summed E-state index contributed by atoms with van der Waals surface area (Å²) in [6, 6.07) is 0. The first-order chi connectivity index (χ1) is 4.75. The summed E-state index contributed by atoms with van der Waals surface area (Å²) < 4.78 is 0. The van der Waals surface area contributed by atoms with Gasteiger partial charge in [-0.2, -0.15) is 0 Å². The predicted octanol–water partition coefficient (Wildman–Crippen LogP) is 1.05. The maximum absolute atomic E-state index is 5.28. The zero-order chi connectivity index (χ0) is 7.56. The highest BCUT2D eigenvalue weighted by Gasteiger charge is 2.33. The van der Waals surface area contributed by atoms with Crippen LogP contribution in [0.2, 0.25) is 0 Å². The summed E-state index contributed by atoms with van der Waals surface area (Å²) in [5.74, 6) is 1.73. The van der Waals surface area contributed by atoms with Crippen LogP contribution in [0.5, 0.6) is 0 Å². The lowest BCUT2D eigenvalue weighted by Gasteiger charge is -1.98. The number of hydrogen-bond acceptors (Lipinski definition) is 2. The van der Waals surface area contributed by atoms with Crippen LogP contribution in [0.4, 0.5) is 0 Å². The van der Waals surface area contributed by atoms with Crippen LogP contribution in [0, 0.1) is 11.8 Å². The van der Waals surface area contributed by atoms with Crippen molar-refractivity contribution in [3.8, 4) is 0 Å². The van der Waals surface area contributed by atoms with Gasteiger partial charge in [0.15, 0.2) is 0 Å². The zero-order valence-corrected chi connectivity index (χ0v) is 6.72. The summed E-state index contributed by atoms with van der Waals surface area (Å²) in [5, 5.41) is 3.01. The van der Waals surface area contributed by atoms with Gasteiger partial charge in [0, 0.05) is 0 Å². The smallest absolute Gasteiger partial charge is 0.0622 e. The second-order valence-corrected chi connectivity index (χ2v) is 3.12. The van der Waals surface area contributed by atoms with E-state index in [1.54, 1.807) is 0 Å². The molecule has 1 fully saturated rings. The van der Waals surface area contributed by atoms with Gasteiger partial charge in [0.1, 0.15) is 0 Å². The Bertz CT molecular complexity index is 140. The quantitative estimate of drug-likeness (QED) is 0.575. The Morgan fingerprint density at radius 1 is 1.80 bits per heavy atom. The minimum Gasteiger partial charge on any atom is -0.379 e. The molecule has 2 atom stereocenters. The molecule has 1 aliphatic carbocycles. The summed E-state index contributed by atoms with van der Waals surface area (Å²) in [7, 11) is 0. The van der Waals surface area contributed by atoms with E-state index in [-0.39, 0.29) is 0 Å². The monoisotopic (exact) mass is 140 g/mol. The Balaban J connectivity index is 2.26. The molecule has 3 N–H and O–H groups in total. The SMILES string of the molecule is C/C(=C\NCN)C1CC1C. The molecule has 0 heterocycles. The van der Waals surface area contributed by atoms with Crippen molar-refractivity contribution in [2.75, 3.05) is 6.67 Å². The van der Waals surface area contributed by atoms with Crippen molar-refractivity contribution in [2.24, 2.45) is 17.6 Å². The maximum atomic E-state index is 5.28. The van der Waals surface area contributed by atoms with E-state index in [4.69, 9.17) is 5.73 Å². The summed E-state index contributed by atoms with van der Waals surface area (Å²) in [6.07, 6.45) is 3.39. The molecule has 0 radical (unpaired) electrons. The first-order valence-corrected chi connectivity index (χ1v) is 3.86. The van der Waals surface area contributed by atoms with Gasteiger partial charge in [-0.25, -0.2) is 0 Å². The van der Waals surface area contributed by atoms with Crippen molar-refractivity contribution in [1.29, 1.82) is 0 Å². The van der Waals surface area contributed by atoms with Gasteiger partial charge in [0.25, 0.3) is 0 Å². The van der Waals surface area contributed by atoms with Crippen molar-refractivity contribution < 1.29 is 0 Å². The molecule has 2 unspecified atom stereocenters. The van der Waals surface area contributed by atoms with Crippen LogP contribution in [0.25, 0.3) is 0 Å². The van der Waals surface area contributed by atoms with E-state index in [9.17, 15) is 0 Å². The Morgan fingerprint density at radius 3 is 2.80 bits per heavy atom. The lowest BCUT2D eigenvalue weighted by Crippen LogP contribution is -2.16. The van der Waals surface area contributed by atoms with Crippen LogP contribution < -0.4 is 11.1 Å². The largest absolute Gasteiger partial charge is 0.379 e. The molecule has 0 aromatic rings. The molecule has 0 amide bonds. The van der Waals surface area contributed by atoms with Gasteiger partial charge < -0.3 is 11.1 Å². The van der Waals surface area contributed by atoms with Gasteiger partial charge in [-0.05, 0) is 31.4 Å². The van der Waals surface area contributed by atoms with Crippen LogP contribution >= 0.6 is 0 Å². The molecular formula is C8H16N2. The van der Waals surface area contributed by atoms with E-state index in [0.29, 0.717) is 6.67 Å². The number of hydrogen-bond donors (Lipinski definition) is 2. The Labute approximate surface area is 62.5 Å². The number of rotatable bonds is 3. The molecule has 0 aromatic carbocycles. The Hall–Kier alpha value is -0.500. The van der Waals surface area contributed by atoms with Crippen molar-refractivity contribution >= 4 is 0 Å². The fraction of sp³-hybridized carbons (Fsp3) is 0.750. The van der Waals surface area contributed by atoms with E-state index < -0.39 is 0 Å². The first kappa shape index (κ1) is 7.61. The van der Waals surface area contributed by atoms with Crippen LogP contribution in [-0.4, -0.2) is 6.67 Å². The van der Waals surface area contributed by atoms with Crippen LogP contribution in [-0.2, 0) is 0 Å². The van der Waals surface area contributed by atoms with E-state index in [2.05, 4.69) is 19.2 Å². The van der Waals surface area contributed by atoms with Gasteiger partial charge in [0.2, 0.25) is 0 Å². The van der Waals surface area contributed by atoms with Gasteiger partial charge in [-0.15, -0.1) is 0 Å². The summed E-state index contributed by atoms with van der Waals surface area (Å²) >= 11 is 0. The highest BCUT2D eigenvalue weighted by molar-refractivity contribution is 5.11. The first-order valence-electron chi connectivity index (χ1n) is 3.86. The molecule has 0 spiro atoms. The van der Waals surface area contributed by atoms with E-state index in [0.717, 1.165) is 11.8 Å². The molecule has 10 heavy (non-hydrogen) atoms. The molecule has 2 heteroatoms. The van der Waals surface area contributed by atoms with Crippen molar-refractivity contribution in [1.82, 2.24) is 5.32 Å². The normalized spacial score (nSPS) is 32.1. The summed E-state index contributed by atoms with van der Waals surface area (Å²) in [5.41, 5.74) is 6.72. The second-order valence-electron chi connectivity index (χ2n) is 3.12. The van der Waals surface area contributed by atoms with E-state index >= 15 is 0 Å². The molecule has 1 rings (SSSR count). The highest BCUT2D eigenvalue weighted by Crippen LogP contribution is 2.42. The zero-order valence-electron chi connectivity index (χ0n) is 6.72. The molecule has 58 valence electrons. The van der Waals surface area contributed by atoms with Crippen molar-refractivity contribution in [3.63, 3.8) is 0 Å². The molecule has 1 aliphatic rings. The minimum atomic E-state index is 0.540. The lowest BCUT2D eigenvalue weighted by molar-refractivity contribution is 0.815. The topological polar surface area (TPSA) is 38.0 Å². The summed E-state index contributed by atoms with van der Waals surface area (Å²) in [6.45, 7) is 4.99. The molecule has 1 saturated carbocycles. The average molecular weight is 140 g/mol. The third-order valence-electron chi connectivity index (χ3n) is 2.14. The second kappa shape index (κ2) is 3.06. The van der Waals surface area contributed by atoms with Crippen molar-refractivity contribution in [3.05, 3.63) is 11.8 Å². The molecule has 2 nitrogen and oxygen atoms in total. The van der Waals surface area contributed by atoms with Crippen LogP contribution in [0.15, 0.2) is 11.8 Å². The third-order valence-corrected chi connectivity index (χ3v) is 2.14. The molecular weight excluding hydrogens is 124 g/mol. The van der Waals surface area contributed by atoms with E-state index in [1.807, 2.05) is 6.20 Å². The maximum Gasteiger partial charge on any atom is 0.0622 e. The van der Waals surface area contributed by atoms with Gasteiger partial charge in [-0.1, -0.05) is 12.5 Å². The van der Waals surface area contributed by atoms with Crippen molar-refractivity contribution in [2.45, 2.75) is 20.3 Å². The summed E-state index contributed by atoms with van der Waals surface area (Å²) in [4.78, 5) is 0. The standard InChI is InChI=1S/C8H16N2/c1-6-3-8(6)7(2)4-10-5-9/h4,6,8,10H,3,5,9H2,1-2H3/b7-4+. The highest BCUT2D eigenvalue weighted by atomic mass is 14.9. The van der Waals surface area contributed by atoms with Crippen LogP contribution in [0.1, 0.15) is 20.3 Å². The third kappa shape index (κ3) is 1.74. The Kier molecular flexibility index (Phi) is 2.33.